The topological polar surface area (TPSA) is 20.2 Å². The van der Waals surface area contributed by atoms with Gasteiger partial charge in [0, 0.05) is 0 Å². The van der Waals surface area contributed by atoms with Gasteiger partial charge in [-0.25, -0.2) is 0 Å². The van der Waals surface area contributed by atoms with E-state index in [1.165, 1.54) is 18.4 Å². The van der Waals surface area contributed by atoms with Crippen molar-refractivity contribution in [1.82, 2.24) is 0 Å². The van der Waals surface area contributed by atoms with E-state index in [9.17, 15) is 5.11 Å². The molecule has 0 bridgehead atoms. The van der Waals surface area contributed by atoms with Gasteiger partial charge in [-0.1, -0.05) is 57.0 Å². The predicted molar refractivity (Wildman–Crippen MR) is 81.3 cm³/mol. The van der Waals surface area contributed by atoms with Crippen molar-refractivity contribution in [2.75, 3.05) is 0 Å². The first-order valence-corrected chi connectivity index (χ1v) is 7.90. The zero-order chi connectivity index (χ0) is 13.7. The molecule has 1 heteroatoms. The summed E-state index contributed by atoms with van der Waals surface area (Å²) in [6, 6.07) is 10.8. The average Bonchev–Trinajstić information content (AvgIpc) is 2.40. The summed E-state index contributed by atoms with van der Waals surface area (Å²) in [7, 11) is 0. The second kappa shape index (κ2) is 6.56. The first kappa shape index (κ1) is 14.6. The number of aliphatic hydroxyl groups is 1. The minimum atomic E-state index is -0.389. The second-order valence-corrected chi connectivity index (χ2v) is 6.51. The molecule has 0 spiro atoms. The molecule has 1 atom stereocenters. The molecule has 1 aliphatic rings. The van der Waals surface area contributed by atoms with E-state index < -0.39 is 0 Å². The Kier molecular flexibility index (Phi) is 5.04. The zero-order valence-electron chi connectivity index (χ0n) is 12.4. The molecule has 1 N–H and O–H groups in total. The van der Waals surface area contributed by atoms with Crippen molar-refractivity contribution < 1.29 is 5.11 Å². The smallest absolute Gasteiger partial charge is 0.0650 e. The molecule has 1 aliphatic carbocycles. The Balaban J connectivity index is 1.88. The second-order valence-electron chi connectivity index (χ2n) is 6.51. The van der Waals surface area contributed by atoms with Gasteiger partial charge in [-0.3, -0.25) is 0 Å². The third kappa shape index (κ3) is 4.07. The third-order valence-electron chi connectivity index (χ3n) is 4.70. The molecule has 1 aromatic carbocycles. The quantitative estimate of drug-likeness (QED) is 0.798. The van der Waals surface area contributed by atoms with Crippen molar-refractivity contribution in [3.8, 4) is 0 Å². The summed E-state index contributed by atoms with van der Waals surface area (Å²) in [5, 5.41) is 10.7. The van der Waals surface area contributed by atoms with E-state index in [0.717, 1.165) is 32.1 Å². The van der Waals surface area contributed by atoms with Crippen LogP contribution in [0.2, 0.25) is 0 Å². The average molecular weight is 260 g/mol. The van der Waals surface area contributed by atoms with Crippen LogP contribution in [0.25, 0.3) is 0 Å². The first-order chi connectivity index (χ1) is 9.13. The Hall–Kier alpha value is -0.820. The van der Waals surface area contributed by atoms with E-state index in [0.29, 0.717) is 11.8 Å². The summed E-state index contributed by atoms with van der Waals surface area (Å²) in [6.07, 6.45) is 7.68. The van der Waals surface area contributed by atoms with Gasteiger partial charge in [0.1, 0.15) is 0 Å². The maximum Gasteiger partial charge on any atom is 0.0650 e. The Labute approximate surface area is 118 Å². The lowest BCUT2D eigenvalue weighted by Gasteiger charge is -2.38. The molecule has 1 fully saturated rings. The lowest BCUT2D eigenvalue weighted by atomic mass is 9.72. The van der Waals surface area contributed by atoms with Crippen molar-refractivity contribution in [2.45, 2.75) is 70.3 Å². The van der Waals surface area contributed by atoms with E-state index in [1.54, 1.807) is 0 Å². The summed E-state index contributed by atoms with van der Waals surface area (Å²) in [5.41, 5.74) is 1.06. The summed E-state index contributed by atoms with van der Waals surface area (Å²) in [4.78, 5) is 0. The highest BCUT2D eigenvalue weighted by Gasteiger charge is 2.34. The fourth-order valence-electron chi connectivity index (χ4n) is 3.66. The van der Waals surface area contributed by atoms with E-state index in [-0.39, 0.29) is 5.60 Å². The zero-order valence-corrected chi connectivity index (χ0v) is 12.4. The molecule has 1 aromatic rings. The van der Waals surface area contributed by atoms with Crippen LogP contribution >= 0.6 is 0 Å². The SMILES string of the molecule is CCCC(C)CC1(O)CCC(c2ccccc2)CC1. The number of hydrogen-bond acceptors (Lipinski definition) is 1. The molecular formula is C18H28O. The molecular weight excluding hydrogens is 232 g/mol. The Bertz CT molecular complexity index is 363. The first-order valence-electron chi connectivity index (χ1n) is 7.90. The van der Waals surface area contributed by atoms with Gasteiger partial charge in [0.25, 0.3) is 0 Å². The van der Waals surface area contributed by atoms with E-state index in [1.807, 2.05) is 0 Å². The van der Waals surface area contributed by atoms with Crippen LogP contribution in [0.1, 0.15) is 70.3 Å². The van der Waals surface area contributed by atoms with Crippen molar-refractivity contribution >= 4 is 0 Å². The van der Waals surface area contributed by atoms with E-state index in [4.69, 9.17) is 0 Å². The molecule has 1 nitrogen and oxygen atoms in total. The van der Waals surface area contributed by atoms with Gasteiger partial charge in [0.15, 0.2) is 0 Å². The van der Waals surface area contributed by atoms with Crippen LogP contribution in [0.15, 0.2) is 30.3 Å². The highest BCUT2D eigenvalue weighted by atomic mass is 16.3. The lowest BCUT2D eigenvalue weighted by molar-refractivity contribution is -0.0209. The Morgan fingerprint density at radius 1 is 1.21 bits per heavy atom. The van der Waals surface area contributed by atoms with Gasteiger partial charge in [0.05, 0.1) is 5.60 Å². The fraction of sp³-hybridized carbons (Fsp3) is 0.667. The third-order valence-corrected chi connectivity index (χ3v) is 4.70. The van der Waals surface area contributed by atoms with Gasteiger partial charge >= 0.3 is 0 Å². The maximum absolute atomic E-state index is 10.7. The van der Waals surface area contributed by atoms with Gasteiger partial charge < -0.3 is 5.11 Å². The van der Waals surface area contributed by atoms with Crippen LogP contribution in [0, 0.1) is 5.92 Å². The molecule has 0 aromatic heterocycles. The van der Waals surface area contributed by atoms with Crippen molar-refractivity contribution in [1.29, 1.82) is 0 Å². The normalized spacial score (nSPS) is 29.1. The van der Waals surface area contributed by atoms with Crippen LogP contribution in [0.5, 0.6) is 0 Å². The summed E-state index contributed by atoms with van der Waals surface area (Å²) < 4.78 is 0. The van der Waals surface area contributed by atoms with E-state index in [2.05, 4.69) is 44.2 Å². The molecule has 0 amide bonds. The minimum Gasteiger partial charge on any atom is -0.390 e. The molecule has 0 heterocycles. The van der Waals surface area contributed by atoms with Gasteiger partial charge in [-0.15, -0.1) is 0 Å². The van der Waals surface area contributed by atoms with Crippen LogP contribution in [-0.4, -0.2) is 10.7 Å². The fourth-order valence-corrected chi connectivity index (χ4v) is 3.66. The van der Waals surface area contributed by atoms with Gasteiger partial charge in [0.2, 0.25) is 0 Å². The molecule has 0 saturated heterocycles. The van der Waals surface area contributed by atoms with Crippen LogP contribution in [0.4, 0.5) is 0 Å². The van der Waals surface area contributed by atoms with Crippen molar-refractivity contribution in [3.05, 3.63) is 35.9 Å². The van der Waals surface area contributed by atoms with Crippen LogP contribution in [-0.2, 0) is 0 Å². The van der Waals surface area contributed by atoms with Gasteiger partial charge in [-0.2, -0.15) is 0 Å². The van der Waals surface area contributed by atoms with Crippen LogP contribution < -0.4 is 0 Å². The summed E-state index contributed by atoms with van der Waals surface area (Å²) in [6.45, 7) is 4.51. The van der Waals surface area contributed by atoms with Crippen molar-refractivity contribution in [2.24, 2.45) is 5.92 Å². The monoisotopic (exact) mass is 260 g/mol. The highest BCUT2D eigenvalue weighted by molar-refractivity contribution is 5.20. The number of rotatable bonds is 5. The lowest BCUT2D eigenvalue weighted by Crippen LogP contribution is -2.35. The highest BCUT2D eigenvalue weighted by Crippen LogP contribution is 2.41. The molecule has 0 aliphatic heterocycles. The summed E-state index contributed by atoms with van der Waals surface area (Å²) >= 11 is 0. The largest absolute Gasteiger partial charge is 0.390 e. The van der Waals surface area contributed by atoms with E-state index >= 15 is 0 Å². The Morgan fingerprint density at radius 3 is 2.42 bits per heavy atom. The Morgan fingerprint density at radius 2 is 1.84 bits per heavy atom. The number of benzene rings is 1. The van der Waals surface area contributed by atoms with Crippen molar-refractivity contribution in [3.63, 3.8) is 0 Å². The molecule has 2 rings (SSSR count). The molecule has 0 radical (unpaired) electrons. The maximum atomic E-state index is 10.7. The molecule has 106 valence electrons. The summed E-state index contributed by atoms with van der Waals surface area (Å²) in [5.74, 6) is 1.31. The standard InChI is InChI=1S/C18H28O/c1-3-7-15(2)14-18(19)12-10-17(11-13-18)16-8-5-4-6-9-16/h4-6,8-9,15,17,19H,3,7,10-14H2,1-2H3. The predicted octanol–water partition coefficient (Wildman–Crippen LogP) is 4.90. The molecule has 1 saturated carbocycles. The minimum absolute atomic E-state index is 0.389. The van der Waals surface area contributed by atoms with Gasteiger partial charge in [-0.05, 0) is 49.5 Å². The number of hydrogen-bond donors (Lipinski definition) is 1. The van der Waals surface area contributed by atoms with Crippen LogP contribution in [0.3, 0.4) is 0 Å². The molecule has 19 heavy (non-hydrogen) atoms. The molecule has 1 unspecified atom stereocenters.